The number of hydrogen-bond donors (Lipinski definition) is 0. The number of halogens is 3. The molecule has 32 heavy (non-hydrogen) atoms. The third-order valence-electron chi connectivity index (χ3n) is 4.94. The Balaban J connectivity index is 1.72. The number of aryl methyl sites for hydroxylation is 1. The van der Waals surface area contributed by atoms with Crippen molar-refractivity contribution in [2.75, 3.05) is 32.8 Å². The van der Waals surface area contributed by atoms with Crippen molar-refractivity contribution in [2.24, 2.45) is 0 Å². The lowest BCUT2D eigenvalue weighted by Gasteiger charge is -2.34. The summed E-state index contributed by atoms with van der Waals surface area (Å²) < 4.78 is 71.7. The minimum absolute atomic E-state index is 0.0241. The summed E-state index contributed by atoms with van der Waals surface area (Å²) >= 11 is 0. The van der Waals surface area contributed by atoms with Crippen molar-refractivity contribution in [1.82, 2.24) is 14.2 Å². The summed E-state index contributed by atoms with van der Waals surface area (Å²) in [5, 5.41) is 0. The van der Waals surface area contributed by atoms with Crippen LogP contribution in [-0.4, -0.2) is 67.3 Å². The van der Waals surface area contributed by atoms with E-state index in [-0.39, 0.29) is 44.0 Å². The maximum absolute atomic E-state index is 14.0. The van der Waals surface area contributed by atoms with E-state index in [9.17, 15) is 31.2 Å². The number of rotatable bonds is 5. The van der Waals surface area contributed by atoms with E-state index < -0.39 is 44.2 Å². The van der Waals surface area contributed by atoms with Gasteiger partial charge in [-0.25, -0.2) is 31.4 Å². The van der Waals surface area contributed by atoms with Crippen molar-refractivity contribution in [3.8, 4) is 0 Å². The topological polar surface area (TPSA) is 96.9 Å². The molecule has 1 amide bonds. The van der Waals surface area contributed by atoms with Crippen LogP contribution in [0.15, 0.2) is 29.2 Å². The van der Waals surface area contributed by atoms with Gasteiger partial charge in [-0.05, 0) is 38.1 Å². The Hall–Kier alpha value is -2.99. The molecule has 1 aromatic carbocycles. The average Bonchev–Trinajstić information content (AvgIpc) is 2.77. The normalized spacial score (nSPS) is 15.0. The number of carbonyl (C=O) groups is 2. The van der Waals surface area contributed by atoms with Crippen molar-refractivity contribution >= 4 is 21.9 Å². The van der Waals surface area contributed by atoms with Gasteiger partial charge in [0, 0.05) is 26.2 Å². The predicted octanol–water partition coefficient (Wildman–Crippen LogP) is 2.13. The minimum Gasteiger partial charge on any atom is -0.462 e. The first-order valence-corrected chi connectivity index (χ1v) is 11.1. The Kier molecular flexibility index (Phi) is 6.84. The van der Waals surface area contributed by atoms with Gasteiger partial charge in [-0.2, -0.15) is 4.31 Å². The number of esters is 1. The van der Waals surface area contributed by atoms with Crippen LogP contribution in [-0.2, 0) is 14.8 Å². The molecule has 1 fully saturated rings. The zero-order valence-corrected chi connectivity index (χ0v) is 18.1. The monoisotopic (exact) mass is 471 g/mol. The van der Waals surface area contributed by atoms with E-state index in [1.54, 1.807) is 13.8 Å². The molecule has 0 aliphatic carbocycles. The lowest BCUT2D eigenvalue weighted by molar-refractivity contribution is 0.0523. The highest BCUT2D eigenvalue weighted by Crippen LogP contribution is 2.24. The molecule has 0 saturated carbocycles. The number of sulfonamides is 1. The maximum Gasteiger partial charge on any atom is 0.339 e. The summed E-state index contributed by atoms with van der Waals surface area (Å²) in [4.78, 5) is 29.2. The molecule has 0 unspecified atom stereocenters. The fraction of sp³-hybridized carbons (Fsp3) is 0.350. The van der Waals surface area contributed by atoms with E-state index in [2.05, 4.69) is 4.98 Å². The lowest BCUT2D eigenvalue weighted by Crippen LogP contribution is -2.50. The van der Waals surface area contributed by atoms with Gasteiger partial charge in [-0.15, -0.1) is 0 Å². The maximum atomic E-state index is 14.0. The lowest BCUT2D eigenvalue weighted by atomic mass is 10.1. The number of ether oxygens (including phenoxy) is 1. The minimum atomic E-state index is -4.43. The van der Waals surface area contributed by atoms with Crippen molar-refractivity contribution in [2.45, 2.75) is 18.7 Å². The Morgan fingerprint density at radius 3 is 2.28 bits per heavy atom. The first-order chi connectivity index (χ1) is 15.1. The summed E-state index contributed by atoms with van der Waals surface area (Å²) in [7, 11) is -4.43. The molecule has 1 saturated heterocycles. The van der Waals surface area contributed by atoms with E-state index in [1.807, 2.05) is 0 Å². The van der Waals surface area contributed by atoms with Gasteiger partial charge in [-0.3, -0.25) is 4.79 Å². The molecule has 3 rings (SSSR count). The molecule has 0 radical (unpaired) electrons. The fourth-order valence-corrected chi connectivity index (χ4v) is 4.72. The highest BCUT2D eigenvalue weighted by atomic mass is 32.2. The second kappa shape index (κ2) is 9.25. The fourth-order valence-electron chi connectivity index (χ4n) is 3.24. The van der Waals surface area contributed by atoms with Crippen LogP contribution in [0.3, 0.4) is 0 Å². The number of carbonyl (C=O) groups excluding carboxylic acids is 2. The Morgan fingerprint density at radius 1 is 1.03 bits per heavy atom. The molecule has 2 aromatic rings. The summed E-state index contributed by atoms with van der Waals surface area (Å²) in [6, 6.07) is 4.01. The van der Waals surface area contributed by atoms with E-state index >= 15 is 0 Å². The number of piperazine rings is 1. The predicted molar refractivity (Wildman–Crippen MR) is 106 cm³/mol. The van der Waals surface area contributed by atoms with Crippen LogP contribution < -0.4 is 0 Å². The van der Waals surface area contributed by atoms with E-state index in [1.165, 1.54) is 17.0 Å². The van der Waals surface area contributed by atoms with Crippen LogP contribution in [0.4, 0.5) is 13.2 Å². The van der Waals surface area contributed by atoms with Crippen LogP contribution in [0.25, 0.3) is 0 Å². The molecule has 12 heteroatoms. The van der Waals surface area contributed by atoms with Crippen LogP contribution in [0.5, 0.6) is 0 Å². The third-order valence-corrected chi connectivity index (χ3v) is 6.86. The van der Waals surface area contributed by atoms with Gasteiger partial charge < -0.3 is 9.64 Å². The molecule has 0 atom stereocenters. The van der Waals surface area contributed by atoms with E-state index in [0.29, 0.717) is 17.8 Å². The quantitative estimate of drug-likeness (QED) is 0.490. The zero-order valence-electron chi connectivity index (χ0n) is 17.3. The van der Waals surface area contributed by atoms with Crippen LogP contribution in [0.1, 0.15) is 33.5 Å². The highest BCUT2D eigenvalue weighted by Gasteiger charge is 2.34. The Morgan fingerprint density at radius 2 is 1.69 bits per heavy atom. The summed E-state index contributed by atoms with van der Waals surface area (Å²) in [6.45, 7) is 3.02. The van der Waals surface area contributed by atoms with Crippen LogP contribution in [0.2, 0.25) is 0 Å². The van der Waals surface area contributed by atoms with Crippen molar-refractivity contribution in [3.63, 3.8) is 0 Å². The standard InChI is InChI=1S/C20H20F3N3O5S/c1-3-31-20(28)13-4-6-15(24-12(13)2)19(27)25-8-10-26(11-9-25)32(29,30)16-7-5-14(21)17(22)18(16)23/h4-7H,3,8-11H2,1-2H3. The first-order valence-electron chi connectivity index (χ1n) is 9.65. The largest absolute Gasteiger partial charge is 0.462 e. The van der Waals surface area contributed by atoms with Crippen molar-refractivity contribution < 1.29 is 35.9 Å². The number of nitrogens with zero attached hydrogens (tertiary/aromatic N) is 3. The number of benzene rings is 1. The van der Waals surface area contributed by atoms with E-state index in [0.717, 1.165) is 4.31 Å². The molecule has 8 nitrogen and oxygen atoms in total. The van der Waals surface area contributed by atoms with Gasteiger partial charge in [0.05, 0.1) is 17.9 Å². The molecular weight excluding hydrogens is 451 g/mol. The number of aromatic nitrogens is 1. The molecule has 2 heterocycles. The molecular formula is C20H20F3N3O5S. The van der Waals surface area contributed by atoms with Crippen LogP contribution >= 0.6 is 0 Å². The zero-order chi connectivity index (χ0) is 23.6. The van der Waals surface area contributed by atoms with Gasteiger partial charge in [0.2, 0.25) is 10.0 Å². The first kappa shape index (κ1) is 23.7. The highest BCUT2D eigenvalue weighted by molar-refractivity contribution is 7.89. The molecule has 1 aliphatic heterocycles. The Bertz CT molecular complexity index is 1170. The van der Waals surface area contributed by atoms with Crippen molar-refractivity contribution in [3.05, 3.63) is 58.7 Å². The summed E-state index contributed by atoms with van der Waals surface area (Å²) in [5.41, 5.74) is 0.607. The summed E-state index contributed by atoms with van der Waals surface area (Å²) in [6.07, 6.45) is 0. The molecule has 1 aliphatic rings. The Labute approximate surface area is 182 Å². The second-order valence-corrected chi connectivity index (χ2v) is 8.83. The average molecular weight is 471 g/mol. The van der Waals surface area contributed by atoms with Crippen molar-refractivity contribution in [1.29, 1.82) is 0 Å². The second-order valence-electron chi connectivity index (χ2n) is 6.92. The number of amides is 1. The molecule has 1 aromatic heterocycles. The van der Waals surface area contributed by atoms with Crippen LogP contribution in [0, 0.1) is 24.4 Å². The van der Waals surface area contributed by atoms with Gasteiger partial charge >= 0.3 is 5.97 Å². The molecule has 0 spiro atoms. The van der Waals surface area contributed by atoms with Gasteiger partial charge in [0.1, 0.15) is 10.6 Å². The number of pyridine rings is 1. The van der Waals surface area contributed by atoms with Gasteiger partial charge in [-0.1, -0.05) is 0 Å². The third kappa shape index (κ3) is 4.46. The van der Waals surface area contributed by atoms with Gasteiger partial charge in [0.25, 0.3) is 5.91 Å². The molecule has 172 valence electrons. The van der Waals surface area contributed by atoms with E-state index in [4.69, 9.17) is 4.74 Å². The SMILES string of the molecule is CCOC(=O)c1ccc(C(=O)N2CCN(S(=O)(=O)c3ccc(F)c(F)c3F)CC2)nc1C. The number of hydrogen-bond acceptors (Lipinski definition) is 6. The van der Waals surface area contributed by atoms with Gasteiger partial charge in [0.15, 0.2) is 17.5 Å². The molecule has 0 bridgehead atoms. The summed E-state index contributed by atoms with van der Waals surface area (Å²) in [5.74, 6) is -6.18. The smallest absolute Gasteiger partial charge is 0.339 e. The molecule has 0 N–H and O–H groups in total.